The third-order valence-corrected chi connectivity index (χ3v) is 4.21. The van der Waals surface area contributed by atoms with E-state index in [4.69, 9.17) is 9.47 Å². The third-order valence-electron chi connectivity index (χ3n) is 4.21. The number of hydrogen-bond donors (Lipinski definition) is 0. The van der Waals surface area contributed by atoms with Gasteiger partial charge in [-0.3, -0.25) is 4.90 Å². The summed E-state index contributed by atoms with van der Waals surface area (Å²) in [5, 5.41) is 0. The van der Waals surface area contributed by atoms with Crippen LogP contribution in [-0.4, -0.2) is 42.3 Å². The van der Waals surface area contributed by atoms with E-state index in [0.717, 1.165) is 5.56 Å². The average molecular weight is 357 g/mol. The number of benzene rings is 2. The summed E-state index contributed by atoms with van der Waals surface area (Å²) in [7, 11) is 0. The highest BCUT2D eigenvalue weighted by atomic mass is 19.1. The van der Waals surface area contributed by atoms with Crippen LogP contribution in [0.4, 0.5) is 9.18 Å². The molecule has 0 radical (unpaired) electrons. The predicted molar refractivity (Wildman–Crippen MR) is 93.4 cm³/mol. The second-order valence-corrected chi connectivity index (χ2v) is 6.16. The lowest BCUT2D eigenvalue weighted by Crippen LogP contribution is -2.39. The summed E-state index contributed by atoms with van der Waals surface area (Å²) < 4.78 is 24.3. The van der Waals surface area contributed by atoms with Crippen molar-refractivity contribution in [3.63, 3.8) is 0 Å². The molecule has 1 saturated heterocycles. The molecule has 0 unspecified atom stereocenters. The number of hydrogen-bond acceptors (Lipinski definition) is 4. The molecule has 0 bridgehead atoms. The lowest BCUT2D eigenvalue weighted by Gasteiger charge is -2.23. The second kappa shape index (κ2) is 8.58. The van der Waals surface area contributed by atoms with Crippen LogP contribution < -0.4 is 0 Å². The van der Waals surface area contributed by atoms with Gasteiger partial charge in [0, 0.05) is 6.42 Å². The van der Waals surface area contributed by atoms with Crippen LogP contribution in [0.2, 0.25) is 0 Å². The Bertz CT molecular complexity index is 738. The van der Waals surface area contributed by atoms with Crippen molar-refractivity contribution in [2.24, 2.45) is 0 Å². The smallest absolute Gasteiger partial charge is 0.375 e. The van der Waals surface area contributed by atoms with Crippen LogP contribution in [-0.2, 0) is 16.1 Å². The normalized spacial score (nSPS) is 19.3. The largest absolute Gasteiger partial charge is 0.418 e. The minimum Gasteiger partial charge on any atom is -0.375 e. The van der Waals surface area contributed by atoms with E-state index in [0.29, 0.717) is 6.61 Å². The minimum absolute atomic E-state index is 0.0970. The predicted octanol–water partition coefficient (Wildman–Crippen LogP) is 3.59. The molecule has 1 aliphatic rings. The summed E-state index contributed by atoms with van der Waals surface area (Å²) in [6.07, 6.45) is -1.82. The number of carbonyl (C=O) groups is 2. The van der Waals surface area contributed by atoms with Crippen molar-refractivity contribution in [3.8, 4) is 0 Å². The van der Waals surface area contributed by atoms with Crippen LogP contribution in [0.5, 0.6) is 0 Å². The molecule has 5 nitrogen and oxygen atoms in total. The Labute approximate surface area is 151 Å². The molecule has 1 aliphatic heterocycles. The van der Waals surface area contributed by atoms with Crippen molar-refractivity contribution in [1.29, 1.82) is 0 Å². The van der Waals surface area contributed by atoms with Gasteiger partial charge in [-0.05, 0) is 17.7 Å². The zero-order valence-corrected chi connectivity index (χ0v) is 14.2. The highest BCUT2D eigenvalue weighted by molar-refractivity contribution is 5.96. The zero-order chi connectivity index (χ0) is 18.4. The lowest BCUT2D eigenvalue weighted by atomic mass is 10.2. The first-order chi connectivity index (χ1) is 12.6. The van der Waals surface area contributed by atoms with Crippen molar-refractivity contribution in [1.82, 2.24) is 4.90 Å². The third kappa shape index (κ3) is 4.67. The van der Waals surface area contributed by atoms with Gasteiger partial charge < -0.3 is 9.47 Å². The first-order valence-corrected chi connectivity index (χ1v) is 8.47. The first-order valence-electron chi connectivity index (χ1n) is 8.47. The summed E-state index contributed by atoms with van der Waals surface area (Å²) in [6, 6.07) is 17.3. The van der Waals surface area contributed by atoms with Gasteiger partial charge in [-0.15, -0.1) is 0 Å². The maximum atomic E-state index is 13.8. The van der Waals surface area contributed by atoms with E-state index in [1.807, 2.05) is 30.3 Å². The molecule has 0 saturated carbocycles. The average Bonchev–Trinajstić information content (AvgIpc) is 3.04. The fourth-order valence-electron chi connectivity index (χ4n) is 2.90. The summed E-state index contributed by atoms with van der Waals surface area (Å²) in [6.45, 7) is 0.463. The number of esters is 1. The van der Waals surface area contributed by atoms with E-state index in [2.05, 4.69) is 0 Å². The number of alkyl halides is 1. The van der Waals surface area contributed by atoms with Crippen molar-refractivity contribution < 1.29 is 23.5 Å². The van der Waals surface area contributed by atoms with Crippen molar-refractivity contribution in [3.05, 3.63) is 71.8 Å². The summed E-state index contributed by atoms with van der Waals surface area (Å²) in [4.78, 5) is 25.5. The molecule has 0 aliphatic carbocycles. The van der Waals surface area contributed by atoms with Gasteiger partial charge >= 0.3 is 12.1 Å². The summed E-state index contributed by atoms with van der Waals surface area (Å²) in [5.74, 6) is -0.748. The van der Waals surface area contributed by atoms with E-state index < -0.39 is 24.3 Å². The molecule has 1 amide bonds. The van der Waals surface area contributed by atoms with E-state index >= 15 is 0 Å². The molecule has 0 N–H and O–H groups in total. The number of nitrogens with zero attached hydrogens (tertiary/aromatic N) is 1. The van der Waals surface area contributed by atoms with Crippen LogP contribution in [0.1, 0.15) is 22.3 Å². The maximum Gasteiger partial charge on any atom is 0.418 e. The Morgan fingerprint density at radius 3 is 2.38 bits per heavy atom. The molecule has 2 aromatic carbocycles. The van der Waals surface area contributed by atoms with Gasteiger partial charge in [-0.1, -0.05) is 48.5 Å². The Morgan fingerprint density at radius 2 is 1.69 bits per heavy atom. The second-order valence-electron chi connectivity index (χ2n) is 6.16. The zero-order valence-electron chi connectivity index (χ0n) is 14.2. The molecule has 26 heavy (non-hydrogen) atoms. The molecule has 6 heteroatoms. The highest BCUT2D eigenvalue weighted by Crippen LogP contribution is 2.22. The highest BCUT2D eigenvalue weighted by Gasteiger charge is 2.37. The first kappa shape index (κ1) is 18.1. The number of halogens is 1. The topological polar surface area (TPSA) is 55.8 Å². The van der Waals surface area contributed by atoms with E-state index in [-0.39, 0.29) is 25.1 Å². The monoisotopic (exact) mass is 357 g/mol. The van der Waals surface area contributed by atoms with Crippen molar-refractivity contribution in [2.75, 3.05) is 13.2 Å². The van der Waals surface area contributed by atoms with Crippen LogP contribution in [0.3, 0.4) is 0 Å². The van der Waals surface area contributed by atoms with Crippen LogP contribution in [0.15, 0.2) is 60.7 Å². The lowest BCUT2D eigenvalue weighted by molar-refractivity contribution is 0.0412. The van der Waals surface area contributed by atoms with Crippen molar-refractivity contribution in [2.45, 2.75) is 25.2 Å². The van der Waals surface area contributed by atoms with Crippen molar-refractivity contribution >= 4 is 12.1 Å². The molecular weight excluding hydrogens is 337 g/mol. The molecule has 3 rings (SSSR count). The molecular formula is C20H20FNO4. The number of amides is 1. The SMILES string of the molecule is O=C(OC(=O)N1C[C@H](F)C[C@@H]1COCc1ccccc1)c1ccccc1. The molecule has 0 aromatic heterocycles. The van der Waals surface area contributed by atoms with Gasteiger partial charge in [-0.2, -0.15) is 0 Å². The minimum atomic E-state index is -1.15. The number of carbonyl (C=O) groups excluding carboxylic acids is 2. The molecule has 2 atom stereocenters. The van der Waals surface area contributed by atoms with E-state index in [9.17, 15) is 14.0 Å². The maximum absolute atomic E-state index is 13.8. The van der Waals surface area contributed by atoms with Gasteiger partial charge in [-0.25, -0.2) is 14.0 Å². The van der Waals surface area contributed by atoms with Gasteiger partial charge in [0.2, 0.25) is 0 Å². The molecule has 1 heterocycles. The molecule has 1 fully saturated rings. The van der Waals surface area contributed by atoms with E-state index in [1.54, 1.807) is 30.3 Å². The van der Waals surface area contributed by atoms with Crippen LogP contribution >= 0.6 is 0 Å². The van der Waals surface area contributed by atoms with Gasteiger partial charge in [0.05, 0.1) is 31.4 Å². The van der Waals surface area contributed by atoms with Gasteiger partial charge in [0.1, 0.15) is 6.17 Å². The Hall–Kier alpha value is -2.73. The Balaban J connectivity index is 1.54. The molecule has 136 valence electrons. The summed E-state index contributed by atoms with van der Waals surface area (Å²) in [5.41, 5.74) is 1.27. The summed E-state index contributed by atoms with van der Waals surface area (Å²) >= 11 is 0. The standard InChI is InChI=1S/C20H20FNO4/c21-17-11-18(14-25-13-15-7-3-1-4-8-15)22(12-17)20(24)26-19(23)16-9-5-2-6-10-16/h1-10,17-18H,11-14H2/t17-,18-/m1/s1. The fraction of sp³-hybridized carbons (Fsp3) is 0.300. The van der Waals surface area contributed by atoms with Gasteiger partial charge in [0.15, 0.2) is 0 Å². The quantitative estimate of drug-likeness (QED) is 0.606. The number of rotatable bonds is 5. The Kier molecular flexibility index (Phi) is 5.96. The number of likely N-dealkylation sites (tertiary alicyclic amines) is 1. The number of ether oxygens (including phenoxy) is 2. The fourth-order valence-corrected chi connectivity index (χ4v) is 2.90. The Morgan fingerprint density at radius 1 is 1.04 bits per heavy atom. The van der Waals surface area contributed by atoms with Crippen LogP contribution in [0, 0.1) is 0 Å². The van der Waals surface area contributed by atoms with Gasteiger partial charge in [0.25, 0.3) is 0 Å². The molecule has 2 aromatic rings. The van der Waals surface area contributed by atoms with Crippen LogP contribution in [0.25, 0.3) is 0 Å². The van der Waals surface area contributed by atoms with E-state index in [1.165, 1.54) is 4.90 Å². The molecule has 0 spiro atoms.